The second-order valence-electron chi connectivity index (χ2n) is 7.28. The van der Waals surface area contributed by atoms with Crippen molar-refractivity contribution in [1.82, 2.24) is 0 Å². The number of carboxylic acid groups (broad SMARTS) is 1. The van der Waals surface area contributed by atoms with Crippen LogP contribution in [0.2, 0.25) is 0 Å². The average Bonchev–Trinajstić information content (AvgIpc) is 2.38. The number of quaternary nitrogens is 1. The Morgan fingerprint density at radius 1 is 0.810 bits per heavy atom. The summed E-state index contributed by atoms with van der Waals surface area (Å²) >= 11 is 0. The summed E-state index contributed by atoms with van der Waals surface area (Å²) < 4.78 is 0.458. The number of hydrogen-bond donors (Lipinski definition) is 0. The molecule has 0 saturated heterocycles. The van der Waals surface area contributed by atoms with E-state index in [0.29, 0.717) is 4.48 Å². The summed E-state index contributed by atoms with van der Waals surface area (Å²) in [6, 6.07) is -0.372. The Bertz CT molecular complexity index is 258. The molecule has 126 valence electrons. The van der Waals surface area contributed by atoms with Crippen molar-refractivity contribution in [3.63, 3.8) is 0 Å². The molecule has 0 spiro atoms. The van der Waals surface area contributed by atoms with Crippen molar-refractivity contribution in [3.05, 3.63) is 0 Å². The van der Waals surface area contributed by atoms with Gasteiger partial charge in [0.2, 0.25) is 0 Å². The lowest BCUT2D eigenvalue weighted by Gasteiger charge is -2.34. The highest BCUT2D eigenvalue weighted by Gasteiger charge is 2.24. The Hall–Kier alpha value is -0.570. The second-order valence-corrected chi connectivity index (χ2v) is 7.28. The van der Waals surface area contributed by atoms with Gasteiger partial charge < -0.3 is 14.4 Å². The minimum Gasteiger partial charge on any atom is -0.544 e. The molecule has 0 saturated carbocycles. The molecule has 0 radical (unpaired) electrons. The highest BCUT2D eigenvalue weighted by atomic mass is 16.4. The average molecular weight is 299 g/mol. The first kappa shape index (κ1) is 20.4. The first-order valence-corrected chi connectivity index (χ1v) is 8.91. The number of nitrogens with zero attached hydrogens (tertiary/aromatic N) is 1. The van der Waals surface area contributed by atoms with Gasteiger partial charge in [-0.2, -0.15) is 0 Å². The van der Waals surface area contributed by atoms with E-state index in [1.54, 1.807) is 0 Å². The van der Waals surface area contributed by atoms with Crippen LogP contribution >= 0.6 is 0 Å². The van der Waals surface area contributed by atoms with Gasteiger partial charge in [-0.1, -0.05) is 71.1 Å². The summed E-state index contributed by atoms with van der Waals surface area (Å²) in [7, 11) is 5.79. The lowest BCUT2D eigenvalue weighted by Crippen LogP contribution is -2.54. The third-order valence-corrected chi connectivity index (χ3v) is 4.29. The van der Waals surface area contributed by atoms with Gasteiger partial charge in [-0.3, -0.25) is 0 Å². The molecule has 1 unspecified atom stereocenters. The van der Waals surface area contributed by atoms with Gasteiger partial charge in [0.25, 0.3) is 0 Å². The third-order valence-electron chi connectivity index (χ3n) is 4.29. The number of likely N-dealkylation sites (N-methyl/N-ethyl adjacent to an activating group) is 1. The van der Waals surface area contributed by atoms with Crippen LogP contribution in [-0.2, 0) is 4.79 Å². The number of rotatable bonds is 14. The molecule has 0 aliphatic rings. The smallest absolute Gasteiger partial charge is 0.129 e. The summed E-state index contributed by atoms with van der Waals surface area (Å²) in [6.45, 7) is 2.25. The molecule has 0 bridgehead atoms. The molecule has 0 amide bonds. The molecule has 0 fully saturated rings. The van der Waals surface area contributed by atoms with Crippen LogP contribution in [0.15, 0.2) is 0 Å². The van der Waals surface area contributed by atoms with Crippen molar-refractivity contribution in [1.29, 1.82) is 0 Å². The molecular formula is C18H37NO2. The fourth-order valence-corrected chi connectivity index (χ4v) is 2.82. The summed E-state index contributed by atoms with van der Waals surface area (Å²) in [5, 5.41) is 11.1. The monoisotopic (exact) mass is 299 g/mol. The van der Waals surface area contributed by atoms with E-state index >= 15 is 0 Å². The first-order valence-electron chi connectivity index (χ1n) is 8.91. The highest BCUT2D eigenvalue weighted by Crippen LogP contribution is 2.15. The fraction of sp³-hybridized carbons (Fsp3) is 0.944. The van der Waals surface area contributed by atoms with Gasteiger partial charge >= 0.3 is 0 Å². The standard InChI is InChI=1S/C18H37NO2/c1-5-6-7-8-9-10-11-12-13-14-15-16-17(18(20)21)19(2,3)4/h17H,5-16H2,1-4H3. The van der Waals surface area contributed by atoms with Crippen molar-refractivity contribution in [3.8, 4) is 0 Å². The van der Waals surface area contributed by atoms with Crippen molar-refractivity contribution >= 4 is 5.97 Å². The van der Waals surface area contributed by atoms with E-state index in [1.807, 2.05) is 21.1 Å². The molecule has 0 aliphatic heterocycles. The Morgan fingerprint density at radius 2 is 1.19 bits per heavy atom. The fourth-order valence-electron chi connectivity index (χ4n) is 2.82. The quantitative estimate of drug-likeness (QED) is 0.364. The lowest BCUT2D eigenvalue weighted by atomic mass is 10.0. The minimum atomic E-state index is -0.908. The van der Waals surface area contributed by atoms with Crippen molar-refractivity contribution in [2.75, 3.05) is 21.1 Å². The number of carbonyl (C=O) groups excluding carboxylic acids is 1. The van der Waals surface area contributed by atoms with E-state index in [-0.39, 0.29) is 6.04 Å². The molecule has 0 rings (SSSR count). The van der Waals surface area contributed by atoms with Gasteiger partial charge in [0, 0.05) is 6.42 Å². The van der Waals surface area contributed by atoms with Crippen LogP contribution in [0, 0.1) is 0 Å². The summed E-state index contributed by atoms with van der Waals surface area (Å²) in [5.74, 6) is -0.908. The predicted octanol–water partition coefficient (Wildman–Crippen LogP) is 3.51. The van der Waals surface area contributed by atoms with Gasteiger partial charge in [-0.05, 0) is 6.42 Å². The van der Waals surface area contributed by atoms with Crippen LogP contribution in [0.25, 0.3) is 0 Å². The Kier molecular flexibility index (Phi) is 11.7. The SMILES string of the molecule is CCCCCCCCCCCCCC(C(=O)[O-])[N+](C)(C)C. The molecule has 3 nitrogen and oxygen atoms in total. The largest absolute Gasteiger partial charge is 0.544 e. The molecule has 0 aliphatic carbocycles. The van der Waals surface area contributed by atoms with Crippen LogP contribution < -0.4 is 5.11 Å². The van der Waals surface area contributed by atoms with Crippen LogP contribution in [0.3, 0.4) is 0 Å². The minimum absolute atomic E-state index is 0.372. The molecule has 0 heterocycles. The maximum Gasteiger partial charge on any atom is 0.129 e. The van der Waals surface area contributed by atoms with Crippen LogP contribution in [0.4, 0.5) is 0 Å². The third kappa shape index (κ3) is 11.7. The molecule has 1 atom stereocenters. The molecule has 0 aromatic rings. The maximum absolute atomic E-state index is 11.1. The summed E-state index contributed by atoms with van der Waals surface area (Å²) in [4.78, 5) is 11.1. The summed E-state index contributed by atoms with van der Waals surface area (Å²) in [6.07, 6.45) is 15.0. The second kappa shape index (κ2) is 12.0. The zero-order valence-corrected chi connectivity index (χ0v) is 14.8. The van der Waals surface area contributed by atoms with E-state index in [4.69, 9.17) is 0 Å². The molecule has 0 aromatic carbocycles. The number of carboxylic acids is 1. The number of hydrogen-bond acceptors (Lipinski definition) is 2. The first-order chi connectivity index (χ1) is 9.89. The van der Waals surface area contributed by atoms with Crippen molar-refractivity contribution in [2.24, 2.45) is 0 Å². The Morgan fingerprint density at radius 3 is 1.52 bits per heavy atom. The number of aliphatic carboxylic acids is 1. The highest BCUT2D eigenvalue weighted by molar-refractivity contribution is 5.69. The zero-order chi connectivity index (χ0) is 16.1. The van der Waals surface area contributed by atoms with Crippen LogP contribution in [-0.4, -0.2) is 37.6 Å². The summed E-state index contributed by atoms with van der Waals surface area (Å²) in [5.41, 5.74) is 0. The van der Waals surface area contributed by atoms with Gasteiger partial charge in [-0.15, -0.1) is 0 Å². The van der Waals surface area contributed by atoms with Crippen LogP contribution in [0.1, 0.15) is 84.0 Å². The Labute approximate surface area is 132 Å². The van der Waals surface area contributed by atoms with Crippen LogP contribution in [0.5, 0.6) is 0 Å². The van der Waals surface area contributed by atoms with Gasteiger partial charge in [0.05, 0.1) is 27.1 Å². The van der Waals surface area contributed by atoms with E-state index in [0.717, 1.165) is 19.3 Å². The van der Waals surface area contributed by atoms with Crippen molar-refractivity contribution < 1.29 is 14.4 Å². The molecule has 21 heavy (non-hydrogen) atoms. The molecular weight excluding hydrogens is 262 g/mol. The topological polar surface area (TPSA) is 40.1 Å². The zero-order valence-electron chi connectivity index (χ0n) is 14.8. The van der Waals surface area contributed by atoms with E-state index in [1.165, 1.54) is 57.8 Å². The van der Waals surface area contributed by atoms with Gasteiger partial charge in [0.1, 0.15) is 6.04 Å². The van der Waals surface area contributed by atoms with Crippen molar-refractivity contribution in [2.45, 2.75) is 90.0 Å². The molecule has 3 heteroatoms. The van der Waals surface area contributed by atoms with Gasteiger partial charge in [-0.25, -0.2) is 0 Å². The Balaban J connectivity index is 3.45. The molecule has 0 N–H and O–H groups in total. The lowest BCUT2D eigenvalue weighted by molar-refractivity contribution is -0.889. The number of carbonyl (C=O) groups is 1. The predicted molar refractivity (Wildman–Crippen MR) is 87.9 cm³/mol. The number of unbranched alkanes of at least 4 members (excludes halogenated alkanes) is 10. The normalized spacial score (nSPS) is 13.3. The maximum atomic E-state index is 11.1. The van der Waals surface area contributed by atoms with E-state index in [2.05, 4.69) is 6.92 Å². The van der Waals surface area contributed by atoms with E-state index < -0.39 is 5.97 Å². The van der Waals surface area contributed by atoms with E-state index in [9.17, 15) is 9.90 Å². The van der Waals surface area contributed by atoms with Gasteiger partial charge in [0.15, 0.2) is 0 Å². The molecule has 0 aromatic heterocycles.